The lowest BCUT2D eigenvalue weighted by Gasteiger charge is -2.30. The molecule has 0 saturated carbocycles. The van der Waals surface area contributed by atoms with Crippen LogP contribution in [0.5, 0.6) is 5.75 Å². The van der Waals surface area contributed by atoms with E-state index in [1.165, 1.54) is 0 Å². The first-order chi connectivity index (χ1) is 11.5. The molecule has 4 heteroatoms. The Morgan fingerprint density at radius 3 is 1.84 bits per heavy atom. The van der Waals surface area contributed by atoms with Gasteiger partial charge in [-0.1, -0.05) is 60.3 Å². The van der Waals surface area contributed by atoms with E-state index < -0.39 is 8.03 Å². The summed E-state index contributed by atoms with van der Waals surface area (Å²) in [5.74, 6) is 0.908. The molecule has 0 aliphatic carbocycles. The maximum atomic E-state index is 12.2. The van der Waals surface area contributed by atoms with E-state index in [0.29, 0.717) is 19.4 Å². The number of hydrogen-bond acceptors (Lipinski definition) is 3. The second-order valence-corrected chi connectivity index (χ2v) is 9.43. The molecule has 0 spiro atoms. The molecule has 0 N–H and O–H groups in total. The first-order valence-corrected chi connectivity index (χ1v) is 9.97. The predicted octanol–water partition coefficient (Wildman–Crippen LogP) is 6.29. The molecule has 0 aliphatic rings. The van der Waals surface area contributed by atoms with E-state index in [1.807, 2.05) is 0 Å². The van der Waals surface area contributed by atoms with Crippen LogP contribution in [0.2, 0.25) is 0 Å². The van der Waals surface area contributed by atoms with Crippen LogP contribution in [0.4, 0.5) is 0 Å². The summed E-state index contributed by atoms with van der Waals surface area (Å²) in [7, 11) is -1.76. The molecular weight excluding hydrogens is 331 g/mol. The average molecular weight is 363 g/mol. The summed E-state index contributed by atoms with van der Waals surface area (Å²) in [5.41, 5.74) is 3.04. The summed E-state index contributed by atoms with van der Waals surface area (Å²) in [6.07, 6.45) is 3.75. The zero-order valence-corrected chi connectivity index (χ0v) is 17.4. The summed E-state index contributed by atoms with van der Waals surface area (Å²) in [5, 5.41) is 0. The van der Waals surface area contributed by atoms with Crippen molar-refractivity contribution in [3.05, 3.63) is 54.1 Å². The van der Waals surface area contributed by atoms with Gasteiger partial charge in [0.05, 0.1) is 0 Å². The van der Waals surface area contributed by atoms with Gasteiger partial charge in [-0.05, 0) is 27.5 Å². The lowest BCUT2D eigenvalue weighted by atomic mass is 9.78. The van der Waals surface area contributed by atoms with Gasteiger partial charge in [-0.3, -0.25) is 0 Å². The van der Waals surface area contributed by atoms with E-state index >= 15 is 0 Å². The van der Waals surface area contributed by atoms with Gasteiger partial charge in [0.15, 0.2) is 0 Å². The van der Waals surface area contributed by atoms with Gasteiger partial charge in [0.1, 0.15) is 19.0 Å². The fourth-order valence-electron chi connectivity index (χ4n) is 2.52. The highest BCUT2D eigenvalue weighted by atomic mass is 31.1. The summed E-state index contributed by atoms with van der Waals surface area (Å²) >= 11 is 0. The normalized spacial score (nSPS) is 12.6. The fraction of sp³-hybridized carbons (Fsp3) is 0.524. The van der Waals surface area contributed by atoms with Crippen molar-refractivity contribution in [2.24, 2.45) is 0 Å². The van der Waals surface area contributed by atoms with E-state index in [-0.39, 0.29) is 10.8 Å². The molecule has 0 aliphatic heterocycles. The predicted molar refractivity (Wildman–Crippen MR) is 107 cm³/mol. The largest absolute Gasteiger partial charge is 0.513 e. The van der Waals surface area contributed by atoms with E-state index in [1.54, 1.807) is 12.2 Å². The van der Waals surface area contributed by atoms with Crippen LogP contribution in [-0.2, 0) is 26.1 Å². The second kappa shape index (κ2) is 8.78. The van der Waals surface area contributed by atoms with Crippen molar-refractivity contribution in [3.63, 3.8) is 0 Å². The maximum absolute atomic E-state index is 12.2. The Morgan fingerprint density at radius 2 is 1.44 bits per heavy atom. The zero-order chi connectivity index (χ0) is 19.3. The first-order valence-electron chi connectivity index (χ1n) is 8.60. The minimum Gasteiger partial charge on any atom is -0.489 e. The number of hydrogen-bond donors (Lipinski definition) is 0. The van der Waals surface area contributed by atoms with Crippen molar-refractivity contribution in [3.8, 4) is 5.75 Å². The van der Waals surface area contributed by atoms with E-state index in [2.05, 4.69) is 66.8 Å². The van der Waals surface area contributed by atoms with Crippen LogP contribution in [0, 0.1) is 0 Å². The molecule has 0 amide bonds. The van der Waals surface area contributed by atoms with Gasteiger partial charge >= 0.3 is 8.03 Å². The van der Waals surface area contributed by atoms with Crippen LogP contribution in [0.1, 0.15) is 58.2 Å². The average Bonchev–Trinajstić information content (AvgIpc) is 2.49. The second-order valence-electron chi connectivity index (χ2n) is 8.20. The molecule has 1 aromatic carbocycles. The van der Waals surface area contributed by atoms with Crippen LogP contribution in [-0.4, -0.2) is 13.2 Å². The Labute approximate surface area is 154 Å². The molecule has 1 atom stereocenters. The van der Waals surface area contributed by atoms with Gasteiger partial charge in [-0.25, -0.2) is 0 Å². The quantitative estimate of drug-likeness (QED) is 0.402. The maximum Gasteiger partial charge on any atom is 0.513 e. The van der Waals surface area contributed by atoms with Crippen LogP contribution in [0.15, 0.2) is 37.4 Å². The molecule has 0 radical (unpaired) electrons. The third-order valence-electron chi connectivity index (χ3n) is 3.76. The molecule has 0 saturated heterocycles. The number of ether oxygens (including phenoxy) is 1. The van der Waals surface area contributed by atoms with Crippen LogP contribution >= 0.6 is 8.03 Å². The van der Waals surface area contributed by atoms with E-state index in [0.717, 1.165) is 22.4 Å². The first kappa shape index (κ1) is 21.6. The third-order valence-corrected chi connectivity index (χ3v) is 4.82. The lowest BCUT2D eigenvalue weighted by Crippen LogP contribution is -2.20. The van der Waals surface area contributed by atoms with Gasteiger partial charge in [0.25, 0.3) is 0 Å². The number of benzene rings is 1. The number of rotatable bonds is 8. The summed E-state index contributed by atoms with van der Waals surface area (Å²) in [6.45, 7) is 21.1. The van der Waals surface area contributed by atoms with Crippen LogP contribution < -0.4 is 4.74 Å². The zero-order valence-electron chi connectivity index (χ0n) is 16.5. The molecule has 1 unspecified atom stereocenters. The van der Waals surface area contributed by atoms with E-state index in [4.69, 9.17) is 9.26 Å². The molecule has 1 rings (SSSR count). The highest BCUT2D eigenvalue weighted by molar-refractivity contribution is 7.38. The van der Waals surface area contributed by atoms with Crippen molar-refractivity contribution in [2.45, 2.75) is 58.5 Å². The topological polar surface area (TPSA) is 35.5 Å². The van der Waals surface area contributed by atoms with E-state index in [9.17, 15) is 4.57 Å². The minimum absolute atomic E-state index is 0.0971. The molecule has 0 aromatic heterocycles. The van der Waals surface area contributed by atoms with Crippen LogP contribution in [0.25, 0.3) is 0 Å². The smallest absolute Gasteiger partial charge is 0.489 e. The van der Waals surface area contributed by atoms with Crippen molar-refractivity contribution >= 4 is 8.03 Å². The molecule has 0 heterocycles. The van der Waals surface area contributed by atoms with Crippen molar-refractivity contribution < 1.29 is 13.8 Å². The SMILES string of the molecule is C=CCOc1c(C(C)(C)C)cc(C[P+](=O)OCC=C)cc1C(C)(C)C. The fourth-order valence-corrected chi connectivity index (χ4v) is 3.37. The van der Waals surface area contributed by atoms with Crippen molar-refractivity contribution in [2.75, 3.05) is 13.2 Å². The Balaban J connectivity index is 3.44. The Hall–Kier alpha value is -1.44. The van der Waals surface area contributed by atoms with Crippen LogP contribution in [0.3, 0.4) is 0 Å². The van der Waals surface area contributed by atoms with Gasteiger partial charge in [0, 0.05) is 16.7 Å². The minimum atomic E-state index is -1.76. The summed E-state index contributed by atoms with van der Waals surface area (Å²) in [4.78, 5) is 0. The highest BCUT2D eigenvalue weighted by Crippen LogP contribution is 2.42. The van der Waals surface area contributed by atoms with Crippen molar-refractivity contribution in [1.29, 1.82) is 0 Å². The molecule has 0 bridgehead atoms. The summed E-state index contributed by atoms with van der Waals surface area (Å²) < 4.78 is 23.5. The van der Waals surface area contributed by atoms with Gasteiger partial charge in [0.2, 0.25) is 6.16 Å². The molecule has 138 valence electrons. The van der Waals surface area contributed by atoms with Gasteiger partial charge in [-0.15, -0.1) is 11.1 Å². The van der Waals surface area contributed by atoms with Crippen molar-refractivity contribution in [1.82, 2.24) is 0 Å². The molecule has 0 fully saturated rings. The van der Waals surface area contributed by atoms with Gasteiger partial charge < -0.3 is 4.74 Å². The molecule has 25 heavy (non-hydrogen) atoms. The third kappa shape index (κ3) is 6.41. The van der Waals surface area contributed by atoms with Gasteiger partial charge in [-0.2, -0.15) is 0 Å². The monoisotopic (exact) mass is 363 g/mol. The lowest BCUT2D eigenvalue weighted by molar-refractivity contribution is 0.339. The highest BCUT2D eigenvalue weighted by Gasteiger charge is 2.29. The summed E-state index contributed by atoms with van der Waals surface area (Å²) in [6, 6.07) is 4.19. The Morgan fingerprint density at radius 1 is 0.960 bits per heavy atom. The molecular formula is C21H32O3P+. The molecule has 1 aromatic rings. The Kier molecular flexibility index (Phi) is 7.59. The Bertz CT molecular complexity index is 599. The standard InChI is InChI=1S/C21H32O3P/c1-9-11-23-19-17(20(3,4)5)13-16(14-18(19)21(6,7)8)15-25(22)24-12-10-2/h9-10,13-14H,1-2,11-12,15H2,3-8H3/q+1. The molecule has 3 nitrogen and oxygen atoms in total.